The summed E-state index contributed by atoms with van der Waals surface area (Å²) in [7, 11) is 1.66. The van der Waals surface area contributed by atoms with Crippen molar-refractivity contribution in [2.75, 3.05) is 17.7 Å². The summed E-state index contributed by atoms with van der Waals surface area (Å²) in [5.74, 6) is 1.30. The van der Waals surface area contributed by atoms with Gasteiger partial charge in [-0.1, -0.05) is 48.0 Å². The molecular weight excluding hydrogens is 338 g/mol. The van der Waals surface area contributed by atoms with Crippen molar-refractivity contribution in [3.05, 3.63) is 83.6 Å². The number of carbonyl (C=O) groups excluding carboxylic acids is 1. The van der Waals surface area contributed by atoms with Crippen LogP contribution in [0, 0.1) is 6.92 Å². The number of pyridine rings is 1. The predicted octanol–water partition coefficient (Wildman–Crippen LogP) is 4.19. The van der Waals surface area contributed by atoms with Gasteiger partial charge in [0.05, 0.1) is 25.4 Å². The summed E-state index contributed by atoms with van der Waals surface area (Å²) in [6.45, 7) is 2.65. The van der Waals surface area contributed by atoms with Crippen LogP contribution in [0.3, 0.4) is 0 Å². The lowest BCUT2D eigenvalue weighted by Gasteiger charge is -2.11. The van der Waals surface area contributed by atoms with E-state index in [0.29, 0.717) is 18.8 Å². The minimum Gasteiger partial charge on any atom is -0.496 e. The van der Waals surface area contributed by atoms with Crippen LogP contribution in [0.2, 0.25) is 0 Å². The summed E-state index contributed by atoms with van der Waals surface area (Å²) in [6.07, 6.45) is 2.03. The molecule has 0 atom stereocenters. The summed E-state index contributed by atoms with van der Waals surface area (Å²) >= 11 is 0. The van der Waals surface area contributed by atoms with Gasteiger partial charge in [-0.25, -0.2) is 4.98 Å². The van der Waals surface area contributed by atoms with Gasteiger partial charge in [-0.2, -0.15) is 0 Å². The zero-order valence-corrected chi connectivity index (χ0v) is 15.5. The monoisotopic (exact) mass is 361 g/mol. The Hall–Kier alpha value is -3.34. The van der Waals surface area contributed by atoms with E-state index in [0.717, 1.165) is 22.6 Å². The summed E-state index contributed by atoms with van der Waals surface area (Å²) in [5.41, 5.74) is 4.10. The average Bonchev–Trinajstić information content (AvgIpc) is 2.69. The standard InChI is InChI=1S/C22H23N3O2/c1-16-7-9-17(10-8-16)13-22(26)25-21-12-11-19(15-24-21)23-14-18-5-3-4-6-20(18)27-2/h3-12,15,23H,13-14H2,1-2H3,(H,24,25,26). The van der Waals surface area contributed by atoms with Crippen LogP contribution in [-0.2, 0) is 17.8 Å². The van der Waals surface area contributed by atoms with Gasteiger partial charge in [-0.3, -0.25) is 4.79 Å². The molecule has 0 aliphatic rings. The van der Waals surface area contributed by atoms with Crippen LogP contribution < -0.4 is 15.4 Å². The Morgan fingerprint density at radius 3 is 2.52 bits per heavy atom. The first-order valence-electron chi connectivity index (χ1n) is 8.81. The van der Waals surface area contributed by atoms with E-state index in [1.165, 1.54) is 5.56 Å². The number of nitrogens with one attached hydrogen (secondary N) is 2. The fourth-order valence-electron chi connectivity index (χ4n) is 2.70. The normalized spacial score (nSPS) is 10.3. The number of carbonyl (C=O) groups is 1. The number of methoxy groups -OCH3 is 1. The molecule has 27 heavy (non-hydrogen) atoms. The molecule has 0 unspecified atom stereocenters. The molecule has 0 saturated carbocycles. The summed E-state index contributed by atoms with van der Waals surface area (Å²) in [5, 5.41) is 6.13. The topological polar surface area (TPSA) is 63.2 Å². The molecule has 0 aliphatic heterocycles. The second-order valence-corrected chi connectivity index (χ2v) is 6.31. The van der Waals surface area contributed by atoms with Crippen LogP contribution in [0.1, 0.15) is 16.7 Å². The van der Waals surface area contributed by atoms with Gasteiger partial charge in [0.15, 0.2) is 0 Å². The maximum atomic E-state index is 12.2. The number of hydrogen-bond acceptors (Lipinski definition) is 4. The highest BCUT2D eigenvalue weighted by atomic mass is 16.5. The summed E-state index contributed by atoms with van der Waals surface area (Å²) < 4.78 is 5.35. The Morgan fingerprint density at radius 1 is 1.04 bits per heavy atom. The van der Waals surface area contributed by atoms with E-state index in [1.807, 2.05) is 61.5 Å². The number of amides is 1. The number of benzene rings is 2. The number of aryl methyl sites for hydroxylation is 1. The maximum Gasteiger partial charge on any atom is 0.229 e. The quantitative estimate of drug-likeness (QED) is 0.662. The highest BCUT2D eigenvalue weighted by molar-refractivity contribution is 5.91. The number of aromatic nitrogens is 1. The van der Waals surface area contributed by atoms with Crippen LogP contribution in [0.25, 0.3) is 0 Å². The number of hydrogen-bond donors (Lipinski definition) is 2. The molecule has 0 radical (unpaired) electrons. The Kier molecular flexibility index (Phi) is 6.05. The minimum absolute atomic E-state index is 0.0823. The zero-order chi connectivity index (χ0) is 19.1. The van der Waals surface area contributed by atoms with Gasteiger partial charge in [-0.15, -0.1) is 0 Å². The first-order chi connectivity index (χ1) is 13.1. The van der Waals surface area contributed by atoms with Crippen LogP contribution in [0.4, 0.5) is 11.5 Å². The van der Waals surface area contributed by atoms with Crippen molar-refractivity contribution in [3.8, 4) is 5.75 Å². The van der Waals surface area contributed by atoms with Crippen molar-refractivity contribution in [3.63, 3.8) is 0 Å². The van der Waals surface area contributed by atoms with E-state index in [2.05, 4.69) is 15.6 Å². The molecule has 1 aromatic heterocycles. The van der Waals surface area contributed by atoms with E-state index < -0.39 is 0 Å². The SMILES string of the molecule is COc1ccccc1CNc1ccc(NC(=O)Cc2ccc(C)cc2)nc1. The van der Waals surface area contributed by atoms with Gasteiger partial charge in [0.1, 0.15) is 11.6 Å². The van der Waals surface area contributed by atoms with Gasteiger partial charge in [0, 0.05) is 12.1 Å². The third-order valence-corrected chi connectivity index (χ3v) is 4.19. The molecule has 0 aliphatic carbocycles. The molecule has 2 aromatic carbocycles. The highest BCUT2D eigenvalue weighted by Gasteiger charge is 2.06. The van der Waals surface area contributed by atoms with Crippen molar-refractivity contribution in [1.82, 2.24) is 4.98 Å². The van der Waals surface area contributed by atoms with Gasteiger partial charge in [0.25, 0.3) is 0 Å². The lowest BCUT2D eigenvalue weighted by molar-refractivity contribution is -0.115. The molecule has 3 rings (SSSR count). The Morgan fingerprint density at radius 2 is 1.81 bits per heavy atom. The summed E-state index contributed by atoms with van der Waals surface area (Å²) in [4.78, 5) is 16.5. The maximum absolute atomic E-state index is 12.2. The van der Waals surface area contributed by atoms with Crippen molar-refractivity contribution in [2.45, 2.75) is 19.9 Å². The molecule has 1 amide bonds. The number of ether oxygens (including phenoxy) is 1. The molecule has 1 heterocycles. The smallest absolute Gasteiger partial charge is 0.229 e. The van der Waals surface area contributed by atoms with E-state index >= 15 is 0 Å². The molecule has 5 nitrogen and oxygen atoms in total. The fourth-order valence-corrected chi connectivity index (χ4v) is 2.70. The van der Waals surface area contributed by atoms with Crippen molar-refractivity contribution >= 4 is 17.4 Å². The minimum atomic E-state index is -0.0823. The Bertz CT molecular complexity index is 890. The fraction of sp³-hybridized carbons (Fsp3) is 0.182. The van der Waals surface area contributed by atoms with Gasteiger partial charge < -0.3 is 15.4 Å². The van der Waals surface area contributed by atoms with Crippen LogP contribution in [0.15, 0.2) is 66.9 Å². The lowest BCUT2D eigenvalue weighted by atomic mass is 10.1. The second kappa shape index (κ2) is 8.85. The van der Waals surface area contributed by atoms with Crippen LogP contribution >= 0.6 is 0 Å². The molecule has 5 heteroatoms. The van der Waals surface area contributed by atoms with Gasteiger partial charge >= 0.3 is 0 Å². The first-order valence-corrected chi connectivity index (χ1v) is 8.81. The van der Waals surface area contributed by atoms with Gasteiger partial charge in [0.2, 0.25) is 5.91 Å². The third kappa shape index (κ3) is 5.31. The van der Waals surface area contributed by atoms with Gasteiger partial charge in [-0.05, 0) is 30.7 Å². The molecule has 3 aromatic rings. The molecule has 0 saturated heterocycles. The highest BCUT2D eigenvalue weighted by Crippen LogP contribution is 2.19. The second-order valence-electron chi connectivity index (χ2n) is 6.31. The lowest BCUT2D eigenvalue weighted by Crippen LogP contribution is -2.15. The number of para-hydroxylation sites is 1. The molecule has 2 N–H and O–H groups in total. The molecule has 0 spiro atoms. The number of rotatable bonds is 7. The van der Waals surface area contributed by atoms with Crippen molar-refractivity contribution in [2.24, 2.45) is 0 Å². The van der Waals surface area contributed by atoms with E-state index in [4.69, 9.17) is 4.74 Å². The van der Waals surface area contributed by atoms with E-state index in [1.54, 1.807) is 19.4 Å². The first kappa shape index (κ1) is 18.5. The molecular formula is C22H23N3O2. The summed E-state index contributed by atoms with van der Waals surface area (Å²) in [6, 6.07) is 19.5. The predicted molar refractivity (Wildman–Crippen MR) is 108 cm³/mol. The Balaban J connectivity index is 1.53. The number of nitrogens with zero attached hydrogens (tertiary/aromatic N) is 1. The van der Waals surface area contributed by atoms with Crippen molar-refractivity contribution in [1.29, 1.82) is 0 Å². The number of anilines is 2. The molecule has 0 fully saturated rings. The van der Waals surface area contributed by atoms with Crippen LogP contribution in [0.5, 0.6) is 5.75 Å². The largest absolute Gasteiger partial charge is 0.496 e. The molecule has 0 bridgehead atoms. The average molecular weight is 361 g/mol. The van der Waals surface area contributed by atoms with E-state index in [9.17, 15) is 4.79 Å². The third-order valence-electron chi connectivity index (χ3n) is 4.19. The zero-order valence-electron chi connectivity index (χ0n) is 15.5. The Labute approximate surface area is 159 Å². The van der Waals surface area contributed by atoms with E-state index in [-0.39, 0.29) is 5.91 Å². The van der Waals surface area contributed by atoms with Crippen LogP contribution in [-0.4, -0.2) is 18.0 Å². The van der Waals surface area contributed by atoms with Crippen molar-refractivity contribution < 1.29 is 9.53 Å². The molecule has 138 valence electrons.